The van der Waals surface area contributed by atoms with Crippen molar-refractivity contribution in [2.45, 2.75) is 25.0 Å². The lowest BCUT2D eigenvalue weighted by Crippen LogP contribution is -2.40. The Morgan fingerprint density at radius 2 is 2.00 bits per heavy atom. The molecule has 0 aromatic heterocycles. The maximum Gasteiger partial charge on any atom is 0.0802 e. The molecule has 1 fully saturated rings. The molecule has 0 radical (unpaired) electrons. The van der Waals surface area contributed by atoms with Crippen molar-refractivity contribution in [1.29, 1.82) is 0 Å². The number of nitrogens with zero attached hydrogens (tertiary/aromatic N) is 1. The number of likely N-dealkylation sites (tertiary alicyclic amines) is 1. The van der Waals surface area contributed by atoms with Crippen molar-refractivity contribution in [2.75, 3.05) is 25.5 Å². The van der Waals surface area contributed by atoms with Gasteiger partial charge in [-0.15, -0.1) is 11.6 Å². The fourth-order valence-corrected chi connectivity index (χ4v) is 1.55. The van der Waals surface area contributed by atoms with E-state index in [-0.39, 0.29) is 6.10 Å². The molecule has 12 heavy (non-hydrogen) atoms. The maximum atomic E-state index is 9.24. The van der Waals surface area contributed by atoms with Crippen molar-refractivity contribution in [2.24, 2.45) is 0 Å². The van der Waals surface area contributed by atoms with Crippen molar-refractivity contribution in [3.05, 3.63) is 0 Å². The number of β-amino-alcohol motifs (C(OH)–C–C–N with tert-alkyl or cyclic N) is 1. The smallest absolute Gasteiger partial charge is 0.0802 e. The third-order valence-electron chi connectivity index (χ3n) is 2.20. The molecule has 0 aromatic carbocycles. The van der Waals surface area contributed by atoms with E-state index in [0.29, 0.717) is 12.4 Å². The quantitative estimate of drug-likeness (QED) is 0.623. The van der Waals surface area contributed by atoms with Crippen LogP contribution in [0.25, 0.3) is 0 Å². The zero-order valence-corrected chi connectivity index (χ0v) is 7.87. The molecule has 1 rings (SSSR count). The summed E-state index contributed by atoms with van der Waals surface area (Å²) in [5, 5.41) is 18.4. The molecular formula is C8H16ClNO2. The largest absolute Gasteiger partial charge is 0.393 e. The van der Waals surface area contributed by atoms with Crippen molar-refractivity contribution >= 4 is 11.6 Å². The summed E-state index contributed by atoms with van der Waals surface area (Å²) in [6, 6.07) is 0. The number of hydrogen-bond acceptors (Lipinski definition) is 3. The van der Waals surface area contributed by atoms with Gasteiger partial charge in [0.15, 0.2) is 0 Å². The van der Waals surface area contributed by atoms with Crippen LogP contribution in [-0.2, 0) is 0 Å². The molecule has 0 aliphatic carbocycles. The second-order valence-electron chi connectivity index (χ2n) is 3.34. The molecule has 72 valence electrons. The van der Waals surface area contributed by atoms with Crippen LogP contribution in [0.5, 0.6) is 0 Å². The minimum absolute atomic E-state index is 0.144. The van der Waals surface area contributed by atoms with E-state index in [9.17, 15) is 10.2 Å². The first kappa shape index (κ1) is 10.3. The van der Waals surface area contributed by atoms with Crippen LogP contribution in [0.1, 0.15) is 12.8 Å². The van der Waals surface area contributed by atoms with E-state index in [1.54, 1.807) is 0 Å². The Morgan fingerprint density at radius 1 is 1.42 bits per heavy atom. The summed E-state index contributed by atoms with van der Waals surface area (Å²) in [7, 11) is 0. The summed E-state index contributed by atoms with van der Waals surface area (Å²) < 4.78 is 0. The minimum atomic E-state index is -0.429. The highest BCUT2D eigenvalue weighted by Gasteiger charge is 2.18. The third-order valence-corrected chi connectivity index (χ3v) is 2.56. The van der Waals surface area contributed by atoms with Gasteiger partial charge in [0.2, 0.25) is 0 Å². The molecule has 0 saturated carbocycles. The Hall–Kier alpha value is 0.170. The van der Waals surface area contributed by atoms with Crippen LogP contribution >= 0.6 is 11.6 Å². The van der Waals surface area contributed by atoms with E-state index in [2.05, 4.69) is 4.90 Å². The molecule has 1 aliphatic heterocycles. The molecule has 0 bridgehead atoms. The lowest BCUT2D eigenvalue weighted by Gasteiger charge is -2.30. The molecule has 1 atom stereocenters. The Kier molecular flexibility index (Phi) is 4.29. The highest BCUT2D eigenvalue weighted by molar-refractivity contribution is 6.18. The highest BCUT2D eigenvalue weighted by Crippen LogP contribution is 2.10. The van der Waals surface area contributed by atoms with Crippen LogP contribution in [0, 0.1) is 0 Å². The number of rotatable bonds is 3. The van der Waals surface area contributed by atoms with Gasteiger partial charge >= 0.3 is 0 Å². The summed E-state index contributed by atoms with van der Waals surface area (Å²) >= 11 is 5.47. The fraction of sp³-hybridized carbons (Fsp3) is 1.00. The summed E-state index contributed by atoms with van der Waals surface area (Å²) in [4.78, 5) is 2.14. The predicted molar refractivity (Wildman–Crippen MR) is 48.4 cm³/mol. The average molecular weight is 194 g/mol. The molecule has 0 amide bonds. The molecule has 3 nitrogen and oxygen atoms in total. The van der Waals surface area contributed by atoms with E-state index in [4.69, 9.17) is 11.6 Å². The van der Waals surface area contributed by atoms with Crippen LogP contribution in [0.4, 0.5) is 0 Å². The van der Waals surface area contributed by atoms with Crippen LogP contribution < -0.4 is 0 Å². The van der Waals surface area contributed by atoms with Crippen molar-refractivity contribution in [3.8, 4) is 0 Å². The SMILES string of the molecule is OC1CCN(CC(O)CCl)CC1. The summed E-state index contributed by atoms with van der Waals surface area (Å²) in [6.07, 6.45) is 1.06. The predicted octanol–water partition coefficient (Wildman–Crippen LogP) is 0.0428. The van der Waals surface area contributed by atoms with Gasteiger partial charge in [0.25, 0.3) is 0 Å². The molecule has 0 aromatic rings. The van der Waals surface area contributed by atoms with Gasteiger partial charge in [-0.25, -0.2) is 0 Å². The summed E-state index contributed by atoms with van der Waals surface area (Å²) in [5.74, 6) is 0.291. The summed E-state index contributed by atoms with van der Waals surface area (Å²) in [5.41, 5.74) is 0. The minimum Gasteiger partial charge on any atom is -0.393 e. The number of aliphatic hydroxyl groups is 2. The van der Waals surface area contributed by atoms with E-state index in [1.165, 1.54) is 0 Å². The Labute approximate surface area is 77.9 Å². The first-order valence-corrected chi connectivity index (χ1v) is 4.90. The van der Waals surface area contributed by atoms with E-state index in [1.807, 2.05) is 0 Å². The van der Waals surface area contributed by atoms with E-state index < -0.39 is 6.10 Å². The van der Waals surface area contributed by atoms with Crippen molar-refractivity contribution in [1.82, 2.24) is 4.90 Å². The third kappa shape index (κ3) is 3.27. The van der Waals surface area contributed by atoms with Crippen LogP contribution in [-0.4, -0.2) is 52.8 Å². The molecule has 1 unspecified atom stereocenters. The van der Waals surface area contributed by atoms with Gasteiger partial charge in [0, 0.05) is 25.5 Å². The molecule has 1 aliphatic rings. The lowest BCUT2D eigenvalue weighted by molar-refractivity contribution is 0.0568. The summed E-state index contributed by atoms with van der Waals surface area (Å²) in [6.45, 7) is 2.38. The lowest BCUT2D eigenvalue weighted by atomic mass is 10.1. The topological polar surface area (TPSA) is 43.7 Å². The first-order chi connectivity index (χ1) is 5.72. The molecular weight excluding hydrogens is 178 g/mol. The maximum absolute atomic E-state index is 9.24. The van der Waals surface area contributed by atoms with Gasteiger partial charge in [-0.05, 0) is 12.8 Å². The normalized spacial score (nSPS) is 24.2. The van der Waals surface area contributed by atoms with Gasteiger partial charge in [0.1, 0.15) is 0 Å². The average Bonchev–Trinajstić information content (AvgIpc) is 2.09. The second-order valence-corrected chi connectivity index (χ2v) is 3.65. The zero-order valence-electron chi connectivity index (χ0n) is 7.12. The standard InChI is InChI=1S/C8H16ClNO2/c9-5-8(12)6-10-3-1-7(11)2-4-10/h7-8,11-12H,1-6H2. The van der Waals surface area contributed by atoms with Crippen molar-refractivity contribution < 1.29 is 10.2 Å². The molecule has 0 spiro atoms. The van der Waals surface area contributed by atoms with Gasteiger partial charge in [-0.2, -0.15) is 0 Å². The Morgan fingerprint density at radius 3 is 2.50 bits per heavy atom. The molecule has 1 heterocycles. The number of hydrogen-bond donors (Lipinski definition) is 2. The molecule has 2 N–H and O–H groups in total. The van der Waals surface area contributed by atoms with Crippen molar-refractivity contribution in [3.63, 3.8) is 0 Å². The zero-order chi connectivity index (χ0) is 8.97. The number of alkyl halides is 1. The monoisotopic (exact) mass is 193 g/mol. The fourth-order valence-electron chi connectivity index (χ4n) is 1.45. The van der Waals surface area contributed by atoms with Gasteiger partial charge in [-0.3, -0.25) is 0 Å². The van der Waals surface area contributed by atoms with Crippen LogP contribution in [0.3, 0.4) is 0 Å². The number of aliphatic hydroxyl groups excluding tert-OH is 2. The van der Waals surface area contributed by atoms with Gasteiger partial charge in [0.05, 0.1) is 12.2 Å². The Balaban J connectivity index is 2.17. The first-order valence-electron chi connectivity index (χ1n) is 4.37. The van der Waals surface area contributed by atoms with E-state index in [0.717, 1.165) is 25.9 Å². The number of halogens is 1. The van der Waals surface area contributed by atoms with Gasteiger partial charge < -0.3 is 15.1 Å². The van der Waals surface area contributed by atoms with E-state index >= 15 is 0 Å². The highest BCUT2D eigenvalue weighted by atomic mass is 35.5. The van der Waals surface area contributed by atoms with Gasteiger partial charge in [-0.1, -0.05) is 0 Å². The molecule has 4 heteroatoms. The van der Waals surface area contributed by atoms with Crippen LogP contribution in [0.15, 0.2) is 0 Å². The Bertz CT molecular complexity index is 126. The second kappa shape index (κ2) is 5.02. The van der Waals surface area contributed by atoms with Crippen LogP contribution in [0.2, 0.25) is 0 Å². The molecule has 1 saturated heterocycles. The number of piperidine rings is 1.